The molecule has 0 bridgehead atoms. The van der Waals surface area contributed by atoms with Gasteiger partial charge in [-0.05, 0) is 68.1 Å². The van der Waals surface area contributed by atoms with Crippen LogP contribution in [-0.2, 0) is 16.1 Å². The lowest BCUT2D eigenvalue weighted by atomic mass is 9.85. The van der Waals surface area contributed by atoms with E-state index in [9.17, 15) is 9.59 Å². The Hall–Kier alpha value is -3.12. The SMILES string of the molecule is CN1Cc2ccccc2C(CCCN2CCCCC2)c2ccccc21.O=C(O)/C=C/C(=O)O. The number of aliphatic carboxylic acids is 2. The summed E-state index contributed by atoms with van der Waals surface area (Å²) in [5, 5.41) is 15.6. The van der Waals surface area contributed by atoms with E-state index in [4.69, 9.17) is 10.2 Å². The van der Waals surface area contributed by atoms with Gasteiger partial charge < -0.3 is 20.0 Å². The predicted molar refractivity (Wildman–Crippen MR) is 131 cm³/mol. The van der Waals surface area contributed by atoms with Crippen molar-refractivity contribution in [2.75, 3.05) is 31.6 Å². The first-order valence-electron chi connectivity index (χ1n) is 11.7. The monoisotopic (exact) mass is 450 g/mol. The number of piperidine rings is 1. The van der Waals surface area contributed by atoms with E-state index in [2.05, 4.69) is 65.4 Å². The van der Waals surface area contributed by atoms with Crippen LogP contribution in [0.4, 0.5) is 5.69 Å². The number of hydrogen-bond acceptors (Lipinski definition) is 4. The van der Waals surface area contributed by atoms with E-state index in [0.29, 0.717) is 18.1 Å². The minimum atomic E-state index is -1.26. The van der Waals surface area contributed by atoms with Gasteiger partial charge in [0.25, 0.3) is 0 Å². The van der Waals surface area contributed by atoms with Crippen LogP contribution in [0.25, 0.3) is 0 Å². The van der Waals surface area contributed by atoms with Crippen LogP contribution in [0.2, 0.25) is 0 Å². The molecular formula is C27H34N2O4. The summed E-state index contributed by atoms with van der Waals surface area (Å²) in [6, 6.07) is 18.1. The minimum Gasteiger partial charge on any atom is -0.478 e. The molecule has 2 heterocycles. The number of nitrogens with zero attached hydrogens (tertiary/aromatic N) is 2. The Kier molecular flexibility index (Phi) is 9.07. The van der Waals surface area contributed by atoms with Gasteiger partial charge >= 0.3 is 11.9 Å². The van der Waals surface area contributed by atoms with E-state index in [1.807, 2.05) is 0 Å². The zero-order valence-corrected chi connectivity index (χ0v) is 19.3. The van der Waals surface area contributed by atoms with Gasteiger partial charge in [0.2, 0.25) is 0 Å². The quantitative estimate of drug-likeness (QED) is 0.619. The molecule has 1 atom stereocenters. The third-order valence-electron chi connectivity index (χ3n) is 6.35. The Morgan fingerprint density at radius 1 is 0.909 bits per heavy atom. The number of rotatable bonds is 6. The molecule has 6 heteroatoms. The molecular weight excluding hydrogens is 416 g/mol. The van der Waals surface area contributed by atoms with E-state index in [-0.39, 0.29) is 0 Å². The average molecular weight is 451 g/mol. The number of benzene rings is 2. The molecule has 6 nitrogen and oxygen atoms in total. The highest BCUT2D eigenvalue weighted by Gasteiger charge is 2.25. The number of fused-ring (bicyclic) bond motifs is 2. The molecule has 2 aromatic rings. The Morgan fingerprint density at radius 3 is 2.18 bits per heavy atom. The summed E-state index contributed by atoms with van der Waals surface area (Å²) in [6.07, 6.45) is 7.85. The Balaban J connectivity index is 0.000000331. The van der Waals surface area contributed by atoms with Crippen LogP contribution in [0.5, 0.6) is 0 Å². The molecule has 2 aliphatic rings. The summed E-state index contributed by atoms with van der Waals surface area (Å²) in [7, 11) is 2.23. The summed E-state index contributed by atoms with van der Waals surface area (Å²) in [5.74, 6) is -1.98. The summed E-state index contributed by atoms with van der Waals surface area (Å²) >= 11 is 0. The fourth-order valence-corrected chi connectivity index (χ4v) is 4.81. The maximum Gasteiger partial charge on any atom is 0.328 e. The van der Waals surface area contributed by atoms with E-state index < -0.39 is 11.9 Å². The van der Waals surface area contributed by atoms with Gasteiger partial charge in [-0.25, -0.2) is 9.59 Å². The second-order valence-corrected chi connectivity index (χ2v) is 8.72. The molecule has 2 aliphatic heterocycles. The van der Waals surface area contributed by atoms with Gasteiger partial charge in [-0.3, -0.25) is 0 Å². The highest BCUT2D eigenvalue weighted by Crippen LogP contribution is 2.40. The number of carbonyl (C=O) groups is 2. The Labute approximate surface area is 196 Å². The third kappa shape index (κ3) is 7.19. The molecule has 2 N–H and O–H groups in total. The van der Waals surface area contributed by atoms with Crippen molar-refractivity contribution in [3.8, 4) is 0 Å². The number of carboxylic acids is 2. The van der Waals surface area contributed by atoms with Crippen molar-refractivity contribution in [3.63, 3.8) is 0 Å². The lowest BCUT2D eigenvalue weighted by Gasteiger charge is -2.27. The smallest absolute Gasteiger partial charge is 0.328 e. The topological polar surface area (TPSA) is 81.1 Å². The van der Waals surface area contributed by atoms with Crippen molar-refractivity contribution in [1.82, 2.24) is 4.90 Å². The van der Waals surface area contributed by atoms with Crippen molar-refractivity contribution in [2.45, 2.75) is 44.6 Å². The van der Waals surface area contributed by atoms with Crippen LogP contribution >= 0.6 is 0 Å². The number of carboxylic acid groups (broad SMARTS) is 2. The molecule has 1 saturated heterocycles. The number of anilines is 1. The molecule has 1 fully saturated rings. The van der Waals surface area contributed by atoms with Gasteiger partial charge in [-0.1, -0.05) is 48.9 Å². The van der Waals surface area contributed by atoms with E-state index in [1.165, 1.54) is 74.1 Å². The second kappa shape index (κ2) is 12.2. The molecule has 4 rings (SSSR count). The number of para-hydroxylation sites is 1. The van der Waals surface area contributed by atoms with Crippen LogP contribution in [0.15, 0.2) is 60.7 Å². The summed E-state index contributed by atoms with van der Waals surface area (Å²) in [6.45, 7) is 4.88. The first-order valence-corrected chi connectivity index (χ1v) is 11.7. The molecule has 0 spiro atoms. The zero-order chi connectivity index (χ0) is 23.6. The fraction of sp³-hybridized carbons (Fsp3) is 0.407. The maximum absolute atomic E-state index is 9.55. The van der Waals surface area contributed by atoms with E-state index in [1.54, 1.807) is 0 Å². The van der Waals surface area contributed by atoms with Crippen molar-refractivity contribution >= 4 is 17.6 Å². The maximum atomic E-state index is 9.55. The molecule has 33 heavy (non-hydrogen) atoms. The first kappa shape index (κ1) is 24.5. The molecule has 0 amide bonds. The van der Waals surface area contributed by atoms with Crippen molar-refractivity contribution in [3.05, 3.63) is 77.4 Å². The van der Waals surface area contributed by atoms with Gasteiger partial charge in [0, 0.05) is 37.3 Å². The van der Waals surface area contributed by atoms with Gasteiger partial charge in [-0.2, -0.15) is 0 Å². The van der Waals surface area contributed by atoms with E-state index in [0.717, 1.165) is 6.54 Å². The second-order valence-electron chi connectivity index (χ2n) is 8.72. The third-order valence-corrected chi connectivity index (χ3v) is 6.35. The number of hydrogen-bond donors (Lipinski definition) is 2. The van der Waals surface area contributed by atoms with Crippen LogP contribution < -0.4 is 4.90 Å². The molecule has 2 aromatic carbocycles. The van der Waals surface area contributed by atoms with E-state index >= 15 is 0 Å². The molecule has 0 aromatic heterocycles. The summed E-state index contributed by atoms with van der Waals surface area (Å²) < 4.78 is 0. The first-order chi connectivity index (χ1) is 16.0. The standard InChI is InChI=1S/C23H30N2.C4H4O4/c1-24-18-19-10-3-4-11-20(19)21(22-12-5-6-14-23(22)24)13-9-17-25-15-7-2-8-16-25;5-3(6)1-2-4(7)8/h3-6,10-12,14,21H,2,7-9,13,15-18H2,1H3;1-2H,(H,5,6)(H,7,8)/b;2-1+. The summed E-state index contributed by atoms with van der Waals surface area (Å²) in [5.41, 5.74) is 5.94. The lowest BCUT2D eigenvalue weighted by Crippen LogP contribution is -2.30. The van der Waals surface area contributed by atoms with Crippen molar-refractivity contribution in [1.29, 1.82) is 0 Å². The highest BCUT2D eigenvalue weighted by molar-refractivity contribution is 5.89. The normalized spacial score (nSPS) is 18.0. The van der Waals surface area contributed by atoms with Gasteiger partial charge in [-0.15, -0.1) is 0 Å². The Morgan fingerprint density at radius 2 is 1.52 bits per heavy atom. The molecule has 0 saturated carbocycles. The fourth-order valence-electron chi connectivity index (χ4n) is 4.81. The van der Waals surface area contributed by atoms with Gasteiger partial charge in [0.05, 0.1) is 0 Å². The largest absolute Gasteiger partial charge is 0.478 e. The molecule has 176 valence electrons. The van der Waals surface area contributed by atoms with Crippen LogP contribution in [0.1, 0.15) is 54.7 Å². The Bertz CT molecular complexity index is 950. The number of likely N-dealkylation sites (tertiary alicyclic amines) is 1. The molecule has 0 aliphatic carbocycles. The highest BCUT2D eigenvalue weighted by atomic mass is 16.4. The lowest BCUT2D eigenvalue weighted by molar-refractivity contribution is -0.134. The van der Waals surface area contributed by atoms with Crippen LogP contribution in [0, 0.1) is 0 Å². The predicted octanol–water partition coefficient (Wildman–Crippen LogP) is 4.75. The van der Waals surface area contributed by atoms with Gasteiger partial charge in [0.1, 0.15) is 0 Å². The van der Waals surface area contributed by atoms with Crippen molar-refractivity contribution in [2.24, 2.45) is 0 Å². The van der Waals surface area contributed by atoms with Crippen molar-refractivity contribution < 1.29 is 19.8 Å². The molecule has 0 radical (unpaired) electrons. The molecule has 1 unspecified atom stereocenters. The van der Waals surface area contributed by atoms with Gasteiger partial charge in [0.15, 0.2) is 0 Å². The van der Waals surface area contributed by atoms with Crippen LogP contribution in [-0.4, -0.2) is 53.7 Å². The van der Waals surface area contributed by atoms with Crippen LogP contribution in [0.3, 0.4) is 0 Å². The zero-order valence-electron chi connectivity index (χ0n) is 19.3. The minimum absolute atomic E-state index is 0.530. The average Bonchev–Trinajstić information content (AvgIpc) is 2.93. The summed E-state index contributed by atoms with van der Waals surface area (Å²) in [4.78, 5) is 24.2.